The number of hydrogen-bond acceptors (Lipinski definition) is 5. The summed E-state index contributed by atoms with van der Waals surface area (Å²) >= 11 is 0. The van der Waals surface area contributed by atoms with E-state index < -0.39 is 10.0 Å². The summed E-state index contributed by atoms with van der Waals surface area (Å²) in [5.74, 6) is 1.80. The Bertz CT molecular complexity index is 874. The van der Waals surface area contributed by atoms with E-state index in [1.165, 1.54) is 6.21 Å². The maximum atomic E-state index is 12.3. The Labute approximate surface area is 147 Å². The van der Waals surface area contributed by atoms with Crippen LogP contribution in [0, 0.1) is 5.92 Å². The summed E-state index contributed by atoms with van der Waals surface area (Å²) in [5.41, 5.74) is 1.82. The molecule has 2 aromatic carbocycles. The standard InChI is InChI=1S/C18H20N2O4S/c1-13(2)9-14-3-6-16(7-4-14)25(21,22)20-19-11-15-5-8-17-18(10-15)24-12-23-17/h3-8,10-11,13,20H,9,12H2,1-2H3/b19-11+. The van der Waals surface area contributed by atoms with Crippen molar-refractivity contribution >= 4 is 16.2 Å². The number of rotatable bonds is 6. The molecule has 132 valence electrons. The molecule has 0 amide bonds. The maximum Gasteiger partial charge on any atom is 0.276 e. The third-order valence-electron chi connectivity index (χ3n) is 3.66. The Kier molecular flexibility index (Phi) is 4.94. The minimum Gasteiger partial charge on any atom is -0.454 e. The summed E-state index contributed by atoms with van der Waals surface area (Å²) in [5, 5.41) is 3.83. The molecular formula is C18H20N2O4S. The Morgan fingerprint density at radius 3 is 2.56 bits per heavy atom. The van der Waals surface area contributed by atoms with E-state index in [1.807, 2.05) is 12.1 Å². The molecule has 6 nitrogen and oxygen atoms in total. The molecule has 0 unspecified atom stereocenters. The number of benzene rings is 2. The molecule has 0 spiro atoms. The van der Waals surface area contributed by atoms with Gasteiger partial charge in [0.25, 0.3) is 10.0 Å². The van der Waals surface area contributed by atoms with Gasteiger partial charge in [-0.25, -0.2) is 4.83 Å². The van der Waals surface area contributed by atoms with Crippen LogP contribution in [0.3, 0.4) is 0 Å². The summed E-state index contributed by atoms with van der Waals surface area (Å²) in [6, 6.07) is 12.1. The molecule has 0 radical (unpaired) electrons. The average Bonchev–Trinajstić information content (AvgIpc) is 3.02. The summed E-state index contributed by atoms with van der Waals surface area (Å²) in [6.07, 6.45) is 2.34. The SMILES string of the molecule is CC(C)Cc1ccc(S(=O)(=O)N/N=C/c2ccc3c(c2)OCO3)cc1. The van der Waals surface area contributed by atoms with E-state index in [4.69, 9.17) is 9.47 Å². The quantitative estimate of drug-likeness (QED) is 0.635. The van der Waals surface area contributed by atoms with Crippen LogP contribution in [0.2, 0.25) is 0 Å². The van der Waals surface area contributed by atoms with Crippen molar-refractivity contribution in [2.24, 2.45) is 11.0 Å². The molecule has 1 aliphatic heterocycles. The molecule has 25 heavy (non-hydrogen) atoms. The van der Waals surface area contributed by atoms with Gasteiger partial charge >= 0.3 is 0 Å². The lowest BCUT2D eigenvalue weighted by atomic mass is 10.0. The smallest absolute Gasteiger partial charge is 0.276 e. The van der Waals surface area contributed by atoms with Crippen molar-refractivity contribution in [3.8, 4) is 11.5 Å². The zero-order valence-corrected chi connectivity index (χ0v) is 14.9. The van der Waals surface area contributed by atoms with Crippen LogP contribution in [0.4, 0.5) is 0 Å². The number of sulfonamides is 1. The fourth-order valence-electron chi connectivity index (χ4n) is 2.49. The molecule has 0 fully saturated rings. The van der Waals surface area contributed by atoms with Crippen molar-refractivity contribution in [3.63, 3.8) is 0 Å². The largest absolute Gasteiger partial charge is 0.454 e. The highest BCUT2D eigenvalue weighted by atomic mass is 32.2. The molecule has 7 heteroatoms. The molecule has 0 atom stereocenters. The number of ether oxygens (including phenoxy) is 2. The van der Waals surface area contributed by atoms with E-state index in [-0.39, 0.29) is 11.7 Å². The highest BCUT2D eigenvalue weighted by Crippen LogP contribution is 2.31. The van der Waals surface area contributed by atoms with Crippen molar-refractivity contribution in [2.75, 3.05) is 6.79 Å². The summed E-state index contributed by atoms with van der Waals surface area (Å²) in [6.45, 7) is 4.43. The molecule has 2 aromatic rings. The predicted octanol–water partition coefficient (Wildman–Crippen LogP) is 2.93. The fourth-order valence-corrected chi connectivity index (χ4v) is 3.28. The van der Waals surface area contributed by atoms with Crippen LogP contribution >= 0.6 is 0 Å². The zero-order valence-electron chi connectivity index (χ0n) is 14.1. The number of fused-ring (bicyclic) bond motifs is 1. The maximum absolute atomic E-state index is 12.3. The normalized spacial score (nSPS) is 13.6. The van der Waals surface area contributed by atoms with Gasteiger partial charge in [-0.1, -0.05) is 26.0 Å². The summed E-state index contributed by atoms with van der Waals surface area (Å²) in [4.78, 5) is 2.40. The van der Waals surface area contributed by atoms with E-state index >= 15 is 0 Å². The van der Waals surface area contributed by atoms with Crippen LogP contribution in [0.5, 0.6) is 11.5 Å². The van der Waals surface area contributed by atoms with Crippen molar-refractivity contribution < 1.29 is 17.9 Å². The second-order valence-electron chi connectivity index (χ2n) is 6.21. The highest BCUT2D eigenvalue weighted by Gasteiger charge is 2.14. The minimum atomic E-state index is -3.69. The summed E-state index contributed by atoms with van der Waals surface area (Å²) < 4.78 is 35.0. The summed E-state index contributed by atoms with van der Waals surface area (Å²) in [7, 11) is -3.69. The van der Waals surface area contributed by atoms with E-state index in [9.17, 15) is 8.42 Å². The van der Waals surface area contributed by atoms with Crippen molar-refractivity contribution in [1.82, 2.24) is 4.83 Å². The second-order valence-corrected chi connectivity index (χ2v) is 7.87. The predicted molar refractivity (Wildman–Crippen MR) is 95.5 cm³/mol. The molecule has 0 bridgehead atoms. The fraction of sp³-hybridized carbons (Fsp3) is 0.278. The molecule has 1 N–H and O–H groups in total. The van der Waals surface area contributed by atoms with E-state index in [0.717, 1.165) is 12.0 Å². The van der Waals surface area contributed by atoms with Crippen molar-refractivity contribution in [1.29, 1.82) is 0 Å². The first-order valence-corrected chi connectivity index (χ1v) is 9.46. The molecule has 0 saturated carbocycles. The number of nitrogens with zero attached hydrogens (tertiary/aromatic N) is 1. The lowest BCUT2D eigenvalue weighted by Crippen LogP contribution is -2.18. The van der Waals surface area contributed by atoms with Gasteiger partial charge in [0.05, 0.1) is 11.1 Å². The van der Waals surface area contributed by atoms with Crippen LogP contribution in [0.25, 0.3) is 0 Å². The third kappa shape index (κ3) is 4.30. The van der Waals surface area contributed by atoms with Crippen molar-refractivity contribution in [3.05, 3.63) is 53.6 Å². The van der Waals surface area contributed by atoms with Gasteiger partial charge in [-0.3, -0.25) is 0 Å². The first-order chi connectivity index (χ1) is 11.9. The molecule has 3 rings (SSSR count). The van der Waals surface area contributed by atoms with Gasteiger partial charge in [-0.05, 0) is 53.8 Å². The third-order valence-corrected chi connectivity index (χ3v) is 4.90. The van der Waals surface area contributed by atoms with E-state index in [1.54, 1.807) is 30.3 Å². The van der Waals surface area contributed by atoms with Gasteiger partial charge in [0, 0.05) is 0 Å². The molecule has 0 aromatic heterocycles. The van der Waals surface area contributed by atoms with Crippen LogP contribution in [-0.4, -0.2) is 21.4 Å². The number of hydrazone groups is 1. The van der Waals surface area contributed by atoms with Gasteiger partial charge in [0.2, 0.25) is 6.79 Å². The van der Waals surface area contributed by atoms with E-state index in [0.29, 0.717) is 23.0 Å². The molecular weight excluding hydrogens is 340 g/mol. The lowest BCUT2D eigenvalue weighted by molar-refractivity contribution is 0.174. The Balaban J connectivity index is 1.67. The van der Waals surface area contributed by atoms with Crippen LogP contribution in [-0.2, 0) is 16.4 Å². The zero-order chi connectivity index (χ0) is 17.9. The van der Waals surface area contributed by atoms with E-state index in [2.05, 4.69) is 23.8 Å². The average molecular weight is 360 g/mol. The minimum absolute atomic E-state index is 0.183. The Morgan fingerprint density at radius 2 is 1.84 bits per heavy atom. The van der Waals surface area contributed by atoms with Crippen LogP contribution in [0.15, 0.2) is 52.5 Å². The van der Waals surface area contributed by atoms with Gasteiger partial charge < -0.3 is 9.47 Å². The van der Waals surface area contributed by atoms with Crippen LogP contribution < -0.4 is 14.3 Å². The molecule has 1 aliphatic rings. The molecule has 0 saturated heterocycles. The topological polar surface area (TPSA) is 77.0 Å². The first kappa shape index (κ1) is 17.3. The second kappa shape index (κ2) is 7.14. The highest BCUT2D eigenvalue weighted by molar-refractivity contribution is 7.89. The Morgan fingerprint density at radius 1 is 1.12 bits per heavy atom. The first-order valence-electron chi connectivity index (χ1n) is 7.97. The van der Waals surface area contributed by atoms with Crippen LogP contribution in [0.1, 0.15) is 25.0 Å². The van der Waals surface area contributed by atoms with Gasteiger partial charge in [-0.15, -0.1) is 0 Å². The van der Waals surface area contributed by atoms with Crippen molar-refractivity contribution in [2.45, 2.75) is 25.2 Å². The number of nitrogens with one attached hydrogen (secondary N) is 1. The molecule has 0 aliphatic carbocycles. The molecule has 1 heterocycles. The van der Waals surface area contributed by atoms with Gasteiger partial charge in [-0.2, -0.15) is 13.5 Å². The number of hydrogen-bond donors (Lipinski definition) is 1. The Hall–Kier alpha value is -2.54. The van der Waals surface area contributed by atoms with Gasteiger partial charge in [0.1, 0.15) is 0 Å². The monoisotopic (exact) mass is 360 g/mol. The lowest BCUT2D eigenvalue weighted by Gasteiger charge is -2.07. The van der Waals surface area contributed by atoms with Gasteiger partial charge in [0.15, 0.2) is 11.5 Å².